The molecule has 0 saturated carbocycles. The van der Waals surface area contributed by atoms with Crippen LogP contribution in [0.2, 0.25) is 0 Å². The molecule has 0 radical (unpaired) electrons. The SMILES string of the molecule is C\C=C/C=C\C(=C/C)OCC1CC(CNC(=O)OC(C)(C)C)=NO1. The molecule has 1 amide bonds. The van der Waals surface area contributed by atoms with Crippen LogP contribution in [0.15, 0.2) is 41.3 Å². The normalized spacial score (nSPS) is 18.6. The van der Waals surface area contributed by atoms with Gasteiger partial charge in [-0.3, -0.25) is 0 Å². The molecule has 0 aromatic rings. The van der Waals surface area contributed by atoms with E-state index in [1.807, 2.05) is 65.0 Å². The van der Waals surface area contributed by atoms with Crippen molar-refractivity contribution in [2.75, 3.05) is 13.2 Å². The maximum atomic E-state index is 11.6. The monoisotopic (exact) mass is 336 g/mol. The lowest BCUT2D eigenvalue weighted by Gasteiger charge is -2.19. The summed E-state index contributed by atoms with van der Waals surface area (Å²) < 4.78 is 10.9. The Hall–Kier alpha value is -2.24. The largest absolute Gasteiger partial charge is 0.490 e. The van der Waals surface area contributed by atoms with E-state index >= 15 is 0 Å². The van der Waals surface area contributed by atoms with Crippen molar-refractivity contribution < 1.29 is 19.1 Å². The number of carbonyl (C=O) groups is 1. The summed E-state index contributed by atoms with van der Waals surface area (Å²) in [5, 5.41) is 6.65. The van der Waals surface area contributed by atoms with Crippen molar-refractivity contribution >= 4 is 11.8 Å². The molecule has 1 unspecified atom stereocenters. The van der Waals surface area contributed by atoms with Gasteiger partial charge in [-0.05, 0) is 46.8 Å². The van der Waals surface area contributed by atoms with Crippen molar-refractivity contribution in [3.05, 3.63) is 36.1 Å². The number of rotatable bonds is 7. The summed E-state index contributed by atoms with van der Waals surface area (Å²) in [4.78, 5) is 16.9. The number of allylic oxidation sites excluding steroid dienone is 5. The first-order chi connectivity index (χ1) is 11.3. The van der Waals surface area contributed by atoms with E-state index in [-0.39, 0.29) is 6.10 Å². The van der Waals surface area contributed by atoms with Crippen molar-refractivity contribution in [3.8, 4) is 0 Å². The average Bonchev–Trinajstić information content (AvgIpc) is 2.95. The van der Waals surface area contributed by atoms with Crippen molar-refractivity contribution in [3.63, 3.8) is 0 Å². The summed E-state index contributed by atoms with van der Waals surface area (Å²) >= 11 is 0. The number of alkyl carbamates (subject to hydrolysis) is 1. The second kappa shape index (κ2) is 9.80. The van der Waals surface area contributed by atoms with Gasteiger partial charge < -0.3 is 19.6 Å². The van der Waals surface area contributed by atoms with Crippen LogP contribution in [0.4, 0.5) is 4.79 Å². The summed E-state index contributed by atoms with van der Waals surface area (Å²) in [5.41, 5.74) is 0.249. The van der Waals surface area contributed by atoms with Gasteiger partial charge >= 0.3 is 6.09 Å². The third kappa shape index (κ3) is 8.41. The molecule has 1 heterocycles. The number of amides is 1. The van der Waals surface area contributed by atoms with E-state index in [9.17, 15) is 4.79 Å². The standard InChI is InChI=1S/C18H28N2O4/c1-6-8-9-10-15(7-2)22-13-16-11-14(20-24-16)12-19-17(21)23-18(3,4)5/h6-10,16H,11-13H2,1-5H3,(H,19,21)/b8-6-,10-9-,15-7+. The maximum absolute atomic E-state index is 11.6. The maximum Gasteiger partial charge on any atom is 0.407 e. The Bertz CT molecular complexity index is 528. The molecule has 0 spiro atoms. The fourth-order valence-corrected chi connectivity index (χ4v) is 1.85. The minimum atomic E-state index is -0.516. The van der Waals surface area contributed by atoms with Crippen LogP contribution in [0.25, 0.3) is 0 Å². The van der Waals surface area contributed by atoms with Gasteiger partial charge in [-0.2, -0.15) is 0 Å². The van der Waals surface area contributed by atoms with Gasteiger partial charge in [0.05, 0.1) is 12.3 Å². The number of carbonyl (C=O) groups excluding carboxylic acids is 1. The zero-order chi connectivity index (χ0) is 18.0. The van der Waals surface area contributed by atoms with Crippen LogP contribution in [-0.2, 0) is 14.3 Å². The lowest BCUT2D eigenvalue weighted by atomic mass is 10.2. The van der Waals surface area contributed by atoms with Crippen molar-refractivity contribution in [2.45, 2.75) is 52.7 Å². The van der Waals surface area contributed by atoms with E-state index in [0.29, 0.717) is 19.6 Å². The van der Waals surface area contributed by atoms with Gasteiger partial charge in [-0.1, -0.05) is 23.4 Å². The Morgan fingerprint density at radius 1 is 1.38 bits per heavy atom. The second-order valence-electron chi connectivity index (χ2n) is 6.33. The van der Waals surface area contributed by atoms with Crippen molar-refractivity contribution in [1.29, 1.82) is 0 Å². The van der Waals surface area contributed by atoms with E-state index in [0.717, 1.165) is 11.5 Å². The third-order valence-corrected chi connectivity index (χ3v) is 2.91. The fourth-order valence-electron chi connectivity index (χ4n) is 1.85. The molecule has 0 aromatic carbocycles. The first-order valence-corrected chi connectivity index (χ1v) is 8.11. The van der Waals surface area contributed by atoms with Crippen molar-refractivity contribution in [2.24, 2.45) is 5.16 Å². The van der Waals surface area contributed by atoms with Crippen molar-refractivity contribution in [1.82, 2.24) is 5.32 Å². The molecular weight excluding hydrogens is 308 g/mol. The molecule has 24 heavy (non-hydrogen) atoms. The number of oxime groups is 1. The molecule has 1 aliphatic heterocycles. The smallest absolute Gasteiger partial charge is 0.407 e. The summed E-state index contributed by atoms with van der Waals surface area (Å²) in [5.74, 6) is 0.775. The molecule has 6 heteroatoms. The Labute approximate surface area is 144 Å². The van der Waals surface area contributed by atoms with E-state index in [4.69, 9.17) is 14.3 Å². The van der Waals surface area contributed by atoms with Crippen LogP contribution in [0.5, 0.6) is 0 Å². The first kappa shape index (κ1) is 19.8. The predicted octanol–water partition coefficient (Wildman–Crippen LogP) is 3.71. The van der Waals surface area contributed by atoms with Gasteiger partial charge in [0.2, 0.25) is 0 Å². The summed E-state index contributed by atoms with van der Waals surface area (Å²) in [6.07, 6.45) is 9.58. The van der Waals surface area contributed by atoms with E-state index < -0.39 is 11.7 Å². The van der Waals surface area contributed by atoms with Crippen LogP contribution >= 0.6 is 0 Å². The molecule has 6 nitrogen and oxygen atoms in total. The zero-order valence-corrected chi connectivity index (χ0v) is 15.2. The summed E-state index contributed by atoms with van der Waals surface area (Å²) in [6, 6.07) is 0. The highest BCUT2D eigenvalue weighted by molar-refractivity contribution is 5.89. The first-order valence-electron chi connectivity index (χ1n) is 8.11. The molecule has 0 aliphatic carbocycles. The Balaban J connectivity index is 2.29. The zero-order valence-electron chi connectivity index (χ0n) is 15.2. The van der Waals surface area contributed by atoms with Crippen LogP contribution in [0.1, 0.15) is 41.0 Å². The molecule has 0 fully saturated rings. The van der Waals surface area contributed by atoms with Gasteiger partial charge in [0.15, 0.2) is 6.10 Å². The topological polar surface area (TPSA) is 69.2 Å². The van der Waals surface area contributed by atoms with Gasteiger partial charge in [-0.25, -0.2) is 4.79 Å². The van der Waals surface area contributed by atoms with Crippen LogP contribution in [-0.4, -0.2) is 36.7 Å². The number of nitrogens with zero attached hydrogens (tertiary/aromatic N) is 1. The molecule has 134 valence electrons. The molecular formula is C18H28N2O4. The van der Waals surface area contributed by atoms with E-state index in [1.165, 1.54) is 0 Å². The van der Waals surface area contributed by atoms with Gasteiger partial charge in [0.1, 0.15) is 18.0 Å². The highest BCUT2D eigenvalue weighted by Gasteiger charge is 2.23. The summed E-state index contributed by atoms with van der Waals surface area (Å²) in [6.45, 7) is 10.0. The minimum absolute atomic E-state index is 0.148. The quantitative estimate of drug-likeness (QED) is 0.568. The second-order valence-corrected chi connectivity index (χ2v) is 6.33. The molecule has 0 aromatic heterocycles. The number of nitrogens with one attached hydrogen (secondary N) is 1. The minimum Gasteiger partial charge on any atom is -0.490 e. The molecule has 1 atom stereocenters. The number of hydrogen-bond donors (Lipinski definition) is 1. The fraction of sp³-hybridized carbons (Fsp3) is 0.556. The van der Waals surface area contributed by atoms with E-state index in [2.05, 4.69) is 10.5 Å². The molecule has 0 bridgehead atoms. The molecule has 1 N–H and O–H groups in total. The van der Waals surface area contributed by atoms with Gasteiger partial charge in [0, 0.05) is 6.42 Å². The Morgan fingerprint density at radius 3 is 2.75 bits per heavy atom. The van der Waals surface area contributed by atoms with Gasteiger partial charge in [0.25, 0.3) is 0 Å². The summed E-state index contributed by atoms with van der Waals surface area (Å²) in [7, 11) is 0. The van der Waals surface area contributed by atoms with Crippen LogP contribution in [0, 0.1) is 0 Å². The molecule has 0 saturated heterocycles. The molecule has 1 rings (SSSR count). The van der Waals surface area contributed by atoms with Crippen LogP contribution < -0.4 is 5.32 Å². The number of ether oxygens (including phenoxy) is 2. The lowest BCUT2D eigenvalue weighted by molar-refractivity contribution is 0.0278. The highest BCUT2D eigenvalue weighted by Crippen LogP contribution is 2.13. The lowest BCUT2D eigenvalue weighted by Crippen LogP contribution is -2.35. The highest BCUT2D eigenvalue weighted by atomic mass is 16.7. The van der Waals surface area contributed by atoms with Gasteiger partial charge in [-0.15, -0.1) is 0 Å². The predicted molar refractivity (Wildman–Crippen MR) is 94.8 cm³/mol. The Morgan fingerprint density at radius 2 is 2.12 bits per heavy atom. The van der Waals surface area contributed by atoms with E-state index in [1.54, 1.807) is 0 Å². The molecule has 1 aliphatic rings. The number of hydrogen-bond acceptors (Lipinski definition) is 5. The van der Waals surface area contributed by atoms with Crippen LogP contribution in [0.3, 0.4) is 0 Å². The Kier molecular flexibility index (Phi) is 8.09. The third-order valence-electron chi connectivity index (χ3n) is 2.91. The average molecular weight is 336 g/mol.